The van der Waals surface area contributed by atoms with Crippen molar-refractivity contribution in [2.24, 2.45) is 46.3 Å². The van der Waals surface area contributed by atoms with Crippen LogP contribution in [-0.2, 0) is 14.6 Å². The van der Waals surface area contributed by atoms with E-state index in [0.717, 1.165) is 42.4 Å². The summed E-state index contributed by atoms with van der Waals surface area (Å²) in [5.41, 5.74) is 2.05. The second-order valence-electron chi connectivity index (χ2n) is 12.7. The summed E-state index contributed by atoms with van der Waals surface area (Å²) >= 11 is 0. The quantitative estimate of drug-likeness (QED) is 0.234. The minimum Gasteiger partial charge on any atom is -0.264 e. The Balaban J connectivity index is 0.00000306. The number of hydrogen-bond donors (Lipinski definition) is 1. The fourth-order valence-corrected chi connectivity index (χ4v) is 9.41. The van der Waals surface area contributed by atoms with Crippen LogP contribution in [0, 0.1) is 46.3 Å². The van der Waals surface area contributed by atoms with Gasteiger partial charge >= 0.3 is 10.4 Å². The Morgan fingerprint density at radius 1 is 1.06 bits per heavy atom. The van der Waals surface area contributed by atoms with Crippen LogP contribution in [0.1, 0.15) is 105 Å². The van der Waals surface area contributed by atoms with Crippen LogP contribution in [0.2, 0.25) is 0 Å². The Bertz CT molecular complexity index is 824. The zero-order chi connectivity index (χ0) is 23.3. The van der Waals surface area contributed by atoms with Gasteiger partial charge < -0.3 is 0 Å². The van der Waals surface area contributed by atoms with Gasteiger partial charge in [0.2, 0.25) is 0 Å². The van der Waals surface area contributed by atoms with E-state index in [-0.39, 0.29) is 56.8 Å². The summed E-state index contributed by atoms with van der Waals surface area (Å²) in [6.45, 7) is 12.3. The van der Waals surface area contributed by atoms with Crippen LogP contribution in [0.15, 0.2) is 11.6 Å². The Morgan fingerprint density at radius 2 is 1.79 bits per heavy atom. The molecule has 185 valence electrons. The summed E-state index contributed by atoms with van der Waals surface area (Å²) in [5, 5.41) is 0. The molecule has 0 saturated heterocycles. The van der Waals surface area contributed by atoms with Crippen molar-refractivity contribution in [3.63, 3.8) is 0 Å². The van der Waals surface area contributed by atoms with Crippen molar-refractivity contribution in [3.8, 4) is 0 Å². The molecule has 8 atom stereocenters. The molecule has 4 rings (SSSR count). The van der Waals surface area contributed by atoms with Crippen LogP contribution >= 0.6 is 0 Å². The molecule has 0 spiro atoms. The van der Waals surface area contributed by atoms with Crippen LogP contribution in [0.25, 0.3) is 0 Å². The molecule has 1 radical (unpaired) electrons. The van der Waals surface area contributed by atoms with Crippen LogP contribution in [0.4, 0.5) is 0 Å². The van der Waals surface area contributed by atoms with Crippen molar-refractivity contribution in [1.82, 2.24) is 0 Å². The molecule has 3 saturated carbocycles. The topological polar surface area (TPSA) is 63.6 Å². The summed E-state index contributed by atoms with van der Waals surface area (Å²) in [5.74, 6) is 4.83. The zero-order valence-corrected chi connectivity index (χ0v) is 25.9. The predicted octanol–water partition coefficient (Wildman–Crippen LogP) is 6.84. The van der Waals surface area contributed by atoms with Crippen molar-refractivity contribution in [2.45, 2.75) is 111 Å². The minimum absolute atomic E-state index is 0. The number of rotatable bonds is 7. The van der Waals surface area contributed by atoms with E-state index in [1.807, 2.05) is 0 Å². The van der Waals surface area contributed by atoms with E-state index in [1.54, 1.807) is 0 Å². The molecule has 0 aromatic heterocycles. The zero-order valence-electron chi connectivity index (χ0n) is 22.0. The molecular formula is C27H46KO4S. The third-order valence-corrected chi connectivity index (χ3v) is 11.0. The number of hydrogen-bond acceptors (Lipinski definition) is 3. The SMILES string of the molecule is CC(C)CCC[C@@H](C)[C@H]1CC[C@H]2[C@@H]3CC=C4C[C@@H](OS(=O)(=O)O)CC[C@]4(C)[C@H]3CC[C@]12C.[K]. The Hall–Kier alpha value is 1.25. The van der Waals surface area contributed by atoms with Crippen molar-refractivity contribution in [2.75, 3.05) is 0 Å². The third-order valence-electron chi connectivity index (χ3n) is 10.5. The first-order valence-electron chi connectivity index (χ1n) is 13.3. The van der Waals surface area contributed by atoms with Gasteiger partial charge in [0.1, 0.15) is 0 Å². The van der Waals surface area contributed by atoms with Crippen LogP contribution in [0.3, 0.4) is 0 Å². The predicted molar refractivity (Wildman–Crippen MR) is 135 cm³/mol. The average molecular weight is 506 g/mol. The summed E-state index contributed by atoms with van der Waals surface area (Å²) < 4.78 is 36.6. The molecule has 4 aliphatic carbocycles. The molecule has 4 nitrogen and oxygen atoms in total. The van der Waals surface area contributed by atoms with Gasteiger partial charge in [-0.05, 0) is 97.7 Å². The molecule has 33 heavy (non-hydrogen) atoms. The number of fused-ring (bicyclic) bond motifs is 5. The second-order valence-corrected chi connectivity index (χ2v) is 13.7. The van der Waals surface area contributed by atoms with E-state index >= 15 is 0 Å². The molecule has 4 aliphatic rings. The first-order valence-corrected chi connectivity index (χ1v) is 14.7. The van der Waals surface area contributed by atoms with Gasteiger partial charge in [0.05, 0.1) is 6.10 Å². The van der Waals surface area contributed by atoms with E-state index in [4.69, 9.17) is 8.74 Å². The Labute approximate surface area is 245 Å². The molecule has 0 amide bonds. The van der Waals surface area contributed by atoms with E-state index in [0.29, 0.717) is 24.2 Å². The molecule has 3 fully saturated rings. The normalized spacial score (nSPS) is 41.4. The van der Waals surface area contributed by atoms with E-state index < -0.39 is 16.5 Å². The monoisotopic (exact) mass is 505 g/mol. The van der Waals surface area contributed by atoms with Gasteiger partial charge in [0.15, 0.2) is 0 Å². The Morgan fingerprint density at radius 3 is 2.45 bits per heavy atom. The molecule has 0 aliphatic heterocycles. The second kappa shape index (κ2) is 10.9. The van der Waals surface area contributed by atoms with Gasteiger partial charge in [-0.25, -0.2) is 4.18 Å². The maximum atomic E-state index is 11.2. The molecule has 0 aromatic carbocycles. The summed E-state index contributed by atoms with van der Waals surface area (Å²) in [4.78, 5) is 0. The standard InChI is InChI=1S/C27H46O4S.K/c1-18(2)7-6-8-19(3)23-11-12-24-22-10-9-20-17-21(31-32(28,29)30)13-15-26(20,4)25(22)14-16-27(23,24)5;/h9,18-19,21-25H,6-8,10-17H2,1-5H3,(H,28,29,30);/t19-,21+,22+,23-,24+,25+,26+,27-;/m1./s1. The maximum Gasteiger partial charge on any atom is 0.397 e. The van der Waals surface area contributed by atoms with Gasteiger partial charge in [-0.3, -0.25) is 4.55 Å². The van der Waals surface area contributed by atoms with E-state index in [2.05, 4.69) is 40.7 Å². The molecule has 6 heteroatoms. The molecule has 0 heterocycles. The van der Waals surface area contributed by atoms with Crippen LogP contribution in [0.5, 0.6) is 0 Å². The largest absolute Gasteiger partial charge is 0.397 e. The van der Waals surface area contributed by atoms with Crippen LogP contribution < -0.4 is 0 Å². The first-order chi connectivity index (χ1) is 14.9. The van der Waals surface area contributed by atoms with Crippen LogP contribution in [-0.4, -0.2) is 70.5 Å². The minimum atomic E-state index is -4.38. The molecule has 0 unspecified atom stereocenters. The van der Waals surface area contributed by atoms with E-state index in [1.165, 1.54) is 50.5 Å². The summed E-state index contributed by atoms with van der Waals surface area (Å²) in [6.07, 6.45) is 15.1. The van der Waals surface area contributed by atoms with Crippen molar-refractivity contribution in [3.05, 3.63) is 11.6 Å². The first kappa shape index (κ1) is 28.8. The summed E-state index contributed by atoms with van der Waals surface area (Å²) in [6, 6.07) is 0. The fourth-order valence-electron chi connectivity index (χ4n) is 8.91. The van der Waals surface area contributed by atoms with Gasteiger partial charge in [-0.1, -0.05) is 65.5 Å². The van der Waals surface area contributed by atoms with E-state index in [9.17, 15) is 8.42 Å². The molecule has 1 N–H and O–H groups in total. The smallest absolute Gasteiger partial charge is 0.264 e. The number of allylic oxidation sites excluding steroid dienone is 1. The molecule has 0 aromatic rings. The molecule has 0 bridgehead atoms. The maximum absolute atomic E-state index is 11.2. The van der Waals surface area contributed by atoms with Crippen molar-refractivity contribution >= 4 is 61.8 Å². The average Bonchev–Trinajstić information content (AvgIpc) is 3.04. The third kappa shape index (κ3) is 5.89. The van der Waals surface area contributed by atoms with Crippen molar-refractivity contribution in [1.29, 1.82) is 0 Å². The molecular weight excluding hydrogens is 459 g/mol. The van der Waals surface area contributed by atoms with Gasteiger partial charge in [0.25, 0.3) is 0 Å². The van der Waals surface area contributed by atoms with Gasteiger partial charge in [0, 0.05) is 51.4 Å². The van der Waals surface area contributed by atoms with Crippen molar-refractivity contribution < 1.29 is 17.2 Å². The fraction of sp³-hybridized carbons (Fsp3) is 0.926. The Kier molecular flexibility index (Phi) is 9.54. The van der Waals surface area contributed by atoms with Gasteiger partial charge in [-0.2, -0.15) is 8.42 Å². The van der Waals surface area contributed by atoms with Gasteiger partial charge in [-0.15, -0.1) is 0 Å². The summed E-state index contributed by atoms with van der Waals surface area (Å²) in [7, 11) is -4.38.